The minimum absolute atomic E-state index is 0.0165. The van der Waals surface area contributed by atoms with Gasteiger partial charge in [0, 0.05) is 20.2 Å². The molecule has 118 valence electrons. The van der Waals surface area contributed by atoms with Crippen LogP contribution in [0.2, 0.25) is 0 Å². The molecule has 0 aliphatic heterocycles. The van der Waals surface area contributed by atoms with Gasteiger partial charge in [-0.05, 0) is 18.2 Å². The molecule has 0 fully saturated rings. The van der Waals surface area contributed by atoms with E-state index in [1.807, 2.05) is 0 Å². The van der Waals surface area contributed by atoms with Crippen molar-refractivity contribution in [2.75, 3.05) is 33.4 Å². The molecule has 0 atom stereocenters. The number of aliphatic hydroxyl groups excluding tert-OH is 1. The zero-order chi connectivity index (χ0) is 16.0. The van der Waals surface area contributed by atoms with Crippen LogP contribution in [0.3, 0.4) is 0 Å². The van der Waals surface area contributed by atoms with Gasteiger partial charge < -0.3 is 20.1 Å². The lowest BCUT2D eigenvalue weighted by molar-refractivity contribution is 0.0693. The summed E-state index contributed by atoms with van der Waals surface area (Å²) in [5, 5.41) is 27.3. The van der Waals surface area contributed by atoms with Crippen LogP contribution >= 0.6 is 0 Å². The largest absolute Gasteiger partial charge is 0.507 e. The summed E-state index contributed by atoms with van der Waals surface area (Å²) in [6.07, 6.45) is 0. The molecule has 3 N–H and O–H groups in total. The summed E-state index contributed by atoms with van der Waals surface area (Å²) in [7, 11) is -2.58. The molecule has 0 heterocycles. The monoisotopic (exact) mass is 319 g/mol. The summed E-state index contributed by atoms with van der Waals surface area (Å²) in [6, 6.07) is 2.99. The molecule has 0 amide bonds. The number of carboxylic acids is 1. The molecule has 1 aromatic rings. The zero-order valence-corrected chi connectivity index (χ0v) is 12.2. The van der Waals surface area contributed by atoms with E-state index in [0.29, 0.717) is 0 Å². The normalized spacial score (nSPS) is 11.8. The summed E-state index contributed by atoms with van der Waals surface area (Å²) in [5.41, 5.74) is -0.508. The number of nitrogens with zero attached hydrogens (tertiary/aromatic N) is 1. The first-order chi connectivity index (χ1) is 9.84. The van der Waals surface area contributed by atoms with Crippen LogP contribution in [0.15, 0.2) is 23.1 Å². The van der Waals surface area contributed by atoms with Crippen LogP contribution < -0.4 is 0 Å². The smallest absolute Gasteiger partial charge is 0.339 e. The lowest BCUT2D eigenvalue weighted by Crippen LogP contribution is -2.36. The third kappa shape index (κ3) is 4.14. The van der Waals surface area contributed by atoms with Crippen LogP contribution in [-0.4, -0.2) is 67.4 Å². The van der Waals surface area contributed by atoms with Gasteiger partial charge >= 0.3 is 5.97 Å². The van der Waals surface area contributed by atoms with Gasteiger partial charge in [-0.15, -0.1) is 0 Å². The summed E-state index contributed by atoms with van der Waals surface area (Å²) >= 11 is 0. The number of ether oxygens (including phenoxy) is 1. The van der Waals surface area contributed by atoms with E-state index >= 15 is 0 Å². The molecule has 0 aromatic heterocycles. The fraction of sp³-hybridized carbons (Fsp3) is 0.417. The predicted molar refractivity (Wildman–Crippen MR) is 72.8 cm³/mol. The van der Waals surface area contributed by atoms with Crippen molar-refractivity contribution in [3.63, 3.8) is 0 Å². The zero-order valence-electron chi connectivity index (χ0n) is 11.4. The number of phenols is 1. The van der Waals surface area contributed by atoms with E-state index in [-0.39, 0.29) is 31.2 Å². The molecule has 0 spiro atoms. The third-order valence-electron chi connectivity index (χ3n) is 2.73. The number of methoxy groups -OCH3 is 1. The Bertz CT molecular complexity index is 600. The van der Waals surface area contributed by atoms with Crippen LogP contribution in [0, 0.1) is 0 Å². The van der Waals surface area contributed by atoms with Crippen molar-refractivity contribution in [3.05, 3.63) is 23.8 Å². The van der Waals surface area contributed by atoms with Gasteiger partial charge in [0.2, 0.25) is 10.0 Å². The number of hydrogen-bond donors (Lipinski definition) is 3. The Morgan fingerprint density at radius 2 is 2.00 bits per heavy atom. The average molecular weight is 319 g/mol. The topological polar surface area (TPSA) is 124 Å². The second-order valence-electron chi connectivity index (χ2n) is 4.10. The molecule has 1 rings (SSSR count). The Labute approximate surface area is 122 Å². The fourth-order valence-electron chi connectivity index (χ4n) is 1.65. The number of carbonyl (C=O) groups is 1. The first-order valence-electron chi connectivity index (χ1n) is 6.01. The maximum atomic E-state index is 12.4. The Balaban J connectivity index is 3.21. The van der Waals surface area contributed by atoms with Crippen molar-refractivity contribution >= 4 is 16.0 Å². The Kier molecular flexibility index (Phi) is 6.09. The van der Waals surface area contributed by atoms with Crippen LogP contribution in [-0.2, 0) is 14.8 Å². The average Bonchev–Trinajstić information content (AvgIpc) is 2.43. The highest BCUT2D eigenvalue weighted by Gasteiger charge is 2.25. The van der Waals surface area contributed by atoms with Crippen molar-refractivity contribution in [2.45, 2.75) is 4.90 Å². The first kappa shape index (κ1) is 17.4. The Hall–Kier alpha value is -1.68. The fourth-order valence-corrected chi connectivity index (χ4v) is 3.09. The van der Waals surface area contributed by atoms with Gasteiger partial charge in [0.05, 0.1) is 18.1 Å². The van der Waals surface area contributed by atoms with E-state index in [2.05, 4.69) is 0 Å². The Morgan fingerprint density at radius 3 is 2.52 bits per heavy atom. The number of hydrogen-bond acceptors (Lipinski definition) is 6. The number of sulfonamides is 1. The molecule has 0 saturated carbocycles. The minimum Gasteiger partial charge on any atom is -0.507 e. The van der Waals surface area contributed by atoms with Crippen molar-refractivity contribution in [1.82, 2.24) is 4.31 Å². The predicted octanol–water partition coefficient (Wildman–Crippen LogP) is -0.280. The summed E-state index contributed by atoms with van der Waals surface area (Å²) in [5.74, 6) is -1.96. The lowest BCUT2D eigenvalue weighted by atomic mass is 10.2. The molecular formula is C12H17NO7S. The second-order valence-corrected chi connectivity index (χ2v) is 6.04. The van der Waals surface area contributed by atoms with Crippen molar-refractivity contribution < 1.29 is 33.3 Å². The van der Waals surface area contributed by atoms with Gasteiger partial charge in [-0.3, -0.25) is 0 Å². The first-order valence-corrected chi connectivity index (χ1v) is 7.45. The molecule has 0 bridgehead atoms. The molecule has 0 radical (unpaired) electrons. The number of carboxylic acid groups (broad SMARTS) is 1. The number of benzene rings is 1. The molecule has 21 heavy (non-hydrogen) atoms. The van der Waals surface area contributed by atoms with Gasteiger partial charge in [0.25, 0.3) is 0 Å². The highest BCUT2D eigenvalue weighted by Crippen LogP contribution is 2.23. The summed E-state index contributed by atoms with van der Waals surface area (Å²) < 4.78 is 30.6. The minimum atomic E-state index is -3.99. The van der Waals surface area contributed by atoms with E-state index in [1.54, 1.807) is 0 Å². The standard InChI is InChI=1S/C12H17NO7S/c1-20-7-5-13(4-6-14)21(18,19)9-2-3-11(15)10(8-9)12(16)17/h2-3,8,14-15H,4-7H2,1H3,(H,16,17). The SMILES string of the molecule is COCCN(CCO)S(=O)(=O)c1ccc(O)c(C(=O)O)c1. The molecule has 9 heteroatoms. The van der Waals surface area contributed by atoms with Gasteiger partial charge in [-0.25, -0.2) is 13.2 Å². The van der Waals surface area contributed by atoms with E-state index in [0.717, 1.165) is 22.5 Å². The van der Waals surface area contributed by atoms with E-state index in [4.69, 9.17) is 14.9 Å². The van der Waals surface area contributed by atoms with Crippen LogP contribution in [0.4, 0.5) is 0 Å². The highest BCUT2D eigenvalue weighted by molar-refractivity contribution is 7.89. The number of aromatic hydroxyl groups is 1. The molecule has 8 nitrogen and oxygen atoms in total. The molecule has 0 aliphatic carbocycles. The highest BCUT2D eigenvalue weighted by atomic mass is 32.2. The van der Waals surface area contributed by atoms with Crippen molar-refractivity contribution in [2.24, 2.45) is 0 Å². The Morgan fingerprint density at radius 1 is 1.33 bits per heavy atom. The number of aliphatic hydroxyl groups is 1. The van der Waals surface area contributed by atoms with Crippen molar-refractivity contribution in [3.8, 4) is 5.75 Å². The van der Waals surface area contributed by atoms with Gasteiger partial charge in [-0.2, -0.15) is 4.31 Å². The molecule has 1 aromatic carbocycles. The van der Waals surface area contributed by atoms with Gasteiger partial charge in [0.1, 0.15) is 11.3 Å². The summed E-state index contributed by atoms with van der Waals surface area (Å²) in [4.78, 5) is 10.7. The number of rotatable bonds is 8. The third-order valence-corrected chi connectivity index (χ3v) is 4.63. The van der Waals surface area contributed by atoms with Gasteiger partial charge in [0.15, 0.2) is 0 Å². The van der Waals surface area contributed by atoms with Crippen LogP contribution in [0.5, 0.6) is 5.75 Å². The molecule has 0 saturated heterocycles. The lowest BCUT2D eigenvalue weighted by Gasteiger charge is -2.21. The maximum Gasteiger partial charge on any atom is 0.339 e. The number of aromatic carboxylic acids is 1. The molecule has 0 unspecified atom stereocenters. The van der Waals surface area contributed by atoms with E-state index < -0.39 is 27.3 Å². The van der Waals surface area contributed by atoms with Crippen molar-refractivity contribution in [1.29, 1.82) is 0 Å². The van der Waals surface area contributed by atoms with E-state index in [1.165, 1.54) is 7.11 Å². The van der Waals surface area contributed by atoms with Crippen LogP contribution in [0.1, 0.15) is 10.4 Å². The van der Waals surface area contributed by atoms with Gasteiger partial charge in [-0.1, -0.05) is 0 Å². The molecule has 0 aliphatic rings. The van der Waals surface area contributed by atoms with Crippen LogP contribution in [0.25, 0.3) is 0 Å². The molecular weight excluding hydrogens is 302 g/mol. The summed E-state index contributed by atoms with van der Waals surface area (Å²) in [6.45, 7) is -0.381. The van der Waals surface area contributed by atoms with E-state index in [9.17, 15) is 18.3 Å². The maximum absolute atomic E-state index is 12.4. The second kappa shape index (κ2) is 7.36. The quantitative estimate of drug-likeness (QED) is 0.602.